The first-order valence-corrected chi connectivity index (χ1v) is 12.6. The van der Waals surface area contributed by atoms with Crippen LogP contribution in [-0.4, -0.2) is 12.4 Å². The summed E-state index contributed by atoms with van der Waals surface area (Å²) in [5.74, 6) is -0.186. The molecule has 0 spiro atoms. The van der Waals surface area contributed by atoms with E-state index in [0.29, 0.717) is 10.9 Å². The van der Waals surface area contributed by atoms with Crippen LogP contribution in [0.2, 0.25) is 0 Å². The number of fused-ring (bicyclic) bond motifs is 4. The lowest BCUT2D eigenvalue weighted by Crippen LogP contribution is -2.34. The molecule has 1 aliphatic heterocycles. The van der Waals surface area contributed by atoms with E-state index < -0.39 is 0 Å². The van der Waals surface area contributed by atoms with Crippen LogP contribution in [0.15, 0.2) is 94.7 Å². The third-order valence-corrected chi connectivity index (χ3v) is 7.54. The quantitative estimate of drug-likeness (QED) is 0.418. The Morgan fingerprint density at radius 3 is 2.57 bits per heavy atom. The number of rotatable bonds is 1. The van der Waals surface area contributed by atoms with Crippen molar-refractivity contribution < 1.29 is 13.9 Å². The minimum absolute atomic E-state index is 0.0804. The minimum Gasteiger partial charge on any atom is -0.497 e. The van der Waals surface area contributed by atoms with Gasteiger partial charge in [-0.25, -0.2) is 4.39 Å². The van der Waals surface area contributed by atoms with Crippen LogP contribution in [0.25, 0.3) is 11.1 Å². The second kappa shape index (κ2) is 9.79. The van der Waals surface area contributed by atoms with Gasteiger partial charge in [-0.3, -0.25) is 4.79 Å². The van der Waals surface area contributed by atoms with Gasteiger partial charge in [0.05, 0.1) is 10.7 Å². The van der Waals surface area contributed by atoms with Crippen molar-refractivity contribution in [2.24, 2.45) is 0 Å². The Labute approximate surface area is 213 Å². The number of halogens is 2. The SMILES string of the molecule is C1=CCOC=C1.CC1=CC(c2ccc(F)c(Br)c2)c2c3c(ccc2=C1C)=C1C=CCC=C1CC3=O. The lowest BCUT2D eigenvalue weighted by atomic mass is 9.75. The molecule has 6 rings (SSSR count). The minimum atomic E-state index is -0.280. The molecular formula is C31H26BrFO2. The van der Waals surface area contributed by atoms with Crippen LogP contribution in [0.4, 0.5) is 4.39 Å². The van der Waals surface area contributed by atoms with Crippen LogP contribution in [0.5, 0.6) is 0 Å². The lowest BCUT2D eigenvalue weighted by Gasteiger charge is -2.28. The maximum absolute atomic E-state index is 13.9. The van der Waals surface area contributed by atoms with Gasteiger partial charge in [0.1, 0.15) is 12.4 Å². The number of ether oxygens (including phenoxy) is 1. The number of benzene rings is 2. The summed E-state index contributed by atoms with van der Waals surface area (Å²) in [6, 6.07) is 9.40. The van der Waals surface area contributed by atoms with Gasteiger partial charge in [-0.05, 0) is 98.8 Å². The van der Waals surface area contributed by atoms with Crippen LogP contribution in [0.1, 0.15) is 54.1 Å². The summed E-state index contributed by atoms with van der Waals surface area (Å²) < 4.78 is 19.1. The van der Waals surface area contributed by atoms with E-state index in [2.05, 4.69) is 66.2 Å². The van der Waals surface area contributed by atoms with Gasteiger partial charge in [-0.2, -0.15) is 0 Å². The maximum atomic E-state index is 13.9. The number of carbonyl (C=O) groups is 1. The van der Waals surface area contributed by atoms with Gasteiger partial charge in [-0.15, -0.1) is 0 Å². The first kappa shape index (κ1) is 23.5. The van der Waals surface area contributed by atoms with E-state index in [1.165, 1.54) is 17.2 Å². The Balaban J connectivity index is 0.000000371. The molecule has 0 saturated heterocycles. The second-order valence-corrected chi connectivity index (χ2v) is 9.90. The molecule has 4 aliphatic rings. The van der Waals surface area contributed by atoms with Gasteiger partial charge in [0.2, 0.25) is 0 Å². The Morgan fingerprint density at radius 2 is 1.89 bits per heavy atom. The van der Waals surface area contributed by atoms with Crippen LogP contribution in [0.3, 0.4) is 0 Å². The zero-order valence-corrected chi connectivity index (χ0v) is 21.4. The number of hydrogen-bond acceptors (Lipinski definition) is 2. The Bertz CT molecular complexity index is 1490. The maximum Gasteiger partial charge on any atom is 0.168 e. The molecule has 4 heteroatoms. The molecule has 2 aromatic carbocycles. The lowest BCUT2D eigenvalue weighted by molar-refractivity contribution is 0.0990. The van der Waals surface area contributed by atoms with Gasteiger partial charge in [0, 0.05) is 17.9 Å². The van der Waals surface area contributed by atoms with Crippen LogP contribution in [0, 0.1) is 5.82 Å². The van der Waals surface area contributed by atoms with E-state index >= 15 is 0 Å². The summed E-state index contributed by atoms with van der Waals surface area (Å²) in [5, 5.41) is 2.14. The fraction of sp³-hybridized carbons (Fsp3) is 0.194. The summed E-state index contributed by atoms with van der Waals surface area (Å²) in [6.45, 7) is 4.95. The first-order valence-electron chi connectivity index (χ1n) is 11.8. The predicted octanol–water partition coefficient (Wildman–Crippen LogP) is 6.56. The molecule has 2 aromatic rings. The van der Waals surface area contributed by atoms with E-state index in [0.717, 1.165) is 51.3 Å². The van der Waals surface area contributed by atoms with Gasteiger partial charge in [0.25, 0.3) is 0 Å². The van der Waals surface area contributed by atoms with E-state index in [1.54, 1.807) is 6.26 Å². The molecule has 0 amide bonds. The van der Waals surface area contributed by atoms with Crippen molar-refractivity contribution in [1.82, 2.24) is 0 Å². The topological polar surface area (TPSA) is 26.3 Å². The monoisotopic (exact) mass is 528 g/mol. The van der Waals surface area contributed by atoms with Crippen molar-refractivity contribution in [3.05, 3.63) is 128 Å². The molecule has 1 unspecified atom stereocenters. The molecule has 0 fully saturated rings. The molecule has 0 bridgehead atoms. The van der Waals surface area contributed by atoms with Crippen LogP contribution in [-0.2, 0) is 4.74 Å². The number of Topliss-reactive ketones (excluding diaryl/α,β-unsaturated/α-hetero) is 1. The largest absolute Gasteiger partial charge is 0.497 e. The van der Waals surface area contributed by atoms with E-state index in [1.807, 2.05) is 30.4 Å². The molecule has 0 N–H and O–H groups in total. The highest BCUT2D eigenvalue weighted by Crippen LogP contribution is 2.36. The van der Waals surface area contributed by atoms with Gasteiger partial charge in [0.15, 0.2) is 5.78 Å². The molecule has 0 radical (unpaired) electrons. The molecule has 3 aliphatic carbocycles. The highest BCUT2D eigenvalue weighted by atomic mass is 79.9. The normalized spacial score (nSPS) is 19.5. The standard InChI is InChI=1S/C26H20BrFO.C5H6O/c1-14-11-21(17-7-10-23(28)22(27)12-17)25-18(15(14)2)8-9-20-19-6-4-3-5-16(19)13-24(29)26(20)25;1-2-4-6-5-3-1/h4-12,21H,3,13H2,1-2H3;1-4H,5H2. The Morgan fingerprint density at radius 1 is 1.06 bits per heavy atom. The average molecular weight is 529 g/mol. The molecule has 0 aromatic heterocycles. The first-order chi connectivity index (χ1) is 17.0. The fourth-order valence-corrected chi connectivity index (χ4v) is 5.48. The molecule has 2 nitrogen and oxygen atoms in total. The smallest absolute Gasteiger partial charge is 0.168 e. The Kier molecular flexibility index (Phi) is 6.57. The van der Waals surface area contributed by atoms with Crippen molar-refractivity contribution in [2.75, 3.05) is 6.61 Å². The number of carbonyl (C=O) groups excluding carboxylic acids is 1. The summed E-state index contributed by atoms with van der Waals surface area (Å²) >= 11 is 3.32. The van der Waals surface area contributed by atoms with Gasteiger partial charge in [-0.1, -0.05) is 54.2 Å². The van der Waals surface area contributed by atoms with E-state index in [9.17, 15) is 9.18 Å². The van der Waals surface area contributed by atoms with Crippen molar-refractivity contribution in [3.63, 3.8) is 0 Å². The number of allylic oxidation sites excluding steroid dienone is 8. The molecular weight excluding hydrogens is 503 g/mol. The van der Waals surface area contributed by atoms with Crippen molar-refractivity contribution in [3.8, 4) is 0 Å². The van der Waals surface area contributed by atoms with E-state index in [-0.39, 0.29) is 17.5 Å². The van der Waals surface area contributed by atoms with Crippen molar-refractivity contribution in [1.29, 1.82) is 0 Å². The zero-order valence-electron chi connectivity index (χ0n) is 19.8. The average Bonchev–Trinajstić information content (AvgIpc) is 2.89. The third-order valence-electron chi connectivity index (χ3n) is 6.94. The summed E-state index contributed by atoms with van der Waals surface area (Å²) in [4.78, 5) is 13.3. The number of ketones is 1. The summed E-state index contributed by atoms with van der Waals surface area (Å²) in [7, 11) is 0. The highest BCUT2D eigenvalue weighted by Gasteiger charge is 2.30. The van der Waals surface area contributed by atoms with Crippen molar-refractivity contribution in [2.45, 2.75) is 32.6 Å². The van der Waals surface area contributed by atoms with Crippen molar-refractivity contribution >= 4 is 32.9 Å². The Hall–Kier alpha value is -3.24. The van der Waals surface area contributed by atoms with Gasteiger partial charge < -0.3 is 4.74 Å². The van der Waals surface area contributed by atoms with Gasteiger partial charge >= 0.3 is 0 Å². The zero-order chi connectivity index (χ0) is 24.5. The molecule has 176 valence electrons. The highest BCUT2D eigenvalue weighted by molar-refractivity contribution is 9.10. The molecule has 1 heterocycles. The molecule has 1 atom stereocenters. The molecule has 35 heavy (non-hydrogen) atoms. The molecule has 0 saturated carbocycles. The number of hydrogen-bond donors (Lipinski definition) is 0. The second-order valence-electron chi connectivity index (χ2n) is 9.05. The van der Waals surface area contributed by atoms with Crippen LogP contribution >= 0.6 is 15.9 Å². The fourth-order valence-electron chi connectivity index (χ4n) is 5.08. The van der Waals surface area contributed by atoms with Crippen LogP contribution < -0.4 is 10.4 Å². The van der Waals surface area contributed by atoms with E-state index in [4.69, 9.17) is 4.74 Å². The summed E-state index contributed by atoms with van der Waals surface area (Å²) in [5.41, 5.74) is 7.55. The third kappa shape index (κ3) is 4.43. The predicted molar refractivity (Wildman–Crippen MR) is 143 cm³/mol. The summed E-state index contributed by atoms with van der Waals surface area (Å²) in [6.07, 6.45) is 17.5.